The van der Waals surface area contributed by atoms with Crippen molar-refractivity contribution in [3.05, 3.63) is 65.0 Å². The summed E-state index contributed by atoms with van der Waals surface area (Å²) < 4.78 is 4.65. The third-order valence-corrected chi connectivity index (χ3v) is 4.48. The van der Waals surface area contributed by atoms with Crippen molar-refractivity contribution in [1.29, 1.82) is 0 Å². The van der Waals surface area contributed by atoms with Crippen LogP contribution in [-0.4, -0.2) is 29.5 Å². The van der Waals surface area contributed by atoms with Gasteiger partial charge >= 0.3 is 5.97 Å². The van der Waals surface area contributed by atoms with Gasteiger partial charge in [-0.05, 0) is 49.4 Å². The number of methoxy groups -OCH3 is 1. The van der Waals surface area contributed by atoms with Crippen molar-refractivity contribution in [3.63, 3.8) is 0 Å². The fourth-order valence-electron chi connectivity index (χ4n) is 3.13. The number of nitrogens with zero attached hydrogens (tertiary/aromatic N) is 1. The summed E-state index contributed by atoms with van der Waals surface area (Å²) in [6.45, 7) is 2.06. The molecule has 1 aromatic heterocycles. The van der Waals surface area contributed by atoms with Crippen LogP contribution in [0.4, 0.5) is 0 Å². The first-order valence-electron chi connectivity index (χ1n) is 7.94. The molecule has 1 aliphatic rings. The second-order valence-corrected chi connectivity index (χ2v) is 6.38. The van der Waals surface area contributed by atoms with Gasteiger partial charge < -0.3 is 10.1 Å². The van der Waals surface area contributed by atoms with Gasteiger partial charge in [-0.3, -0.25) is 4.79 Å². The van der Waals surface area contributed by atoms with Crippen LogP contribution in [0, 0.1) is 0 Å². The number of amides is 1. The van der Waals surface area contributed by atoms with Gasteiger partial charge in [-0.2, -0.15) is 0 Å². The minimum atomic E-state index is -0.553. The summed E-state index contributed by atoms with van der Waals surface area (Å²) in [5.41, 5.74) is 2.85. The molecule has 0 bridgehead atoms. The molecule has 1 heterocycles. The van der Waals surface area contributed by atoms with Crippen molar-refractivity contribution in [2.24, 2.45) is 0 Å². The fourth-order valence-corrected chi connectivity index (χ4v) is 3.13. The molecule has 0 fully saturated rings. The van der Waals surface area contributed by atoms with Gasteiger partial charge in [0.1, 0.15) is 5.69 Å². The van der Waals surface area contributed by atoms with E-state index in [0.717, 1.165) is 19.3 Å². The number of rotatable bonds is 3. The van der Waals surface area contributed by atoms with Gasteiger partial charge in [0.25, 0.3) is 5.91 Å². The maximum atomic E-state index is 12.6. The van der Waals surface area contributed by atoms with Crippen molar-refractivity contribution in [3.8, 4) is 0 Å². The Kier molecular flexibility index (Phi) is 4.34. The summed E-state index contributed by atoms with van der Waals surface area (Å²) in [5, 5.41) is 3.12. The standard InChI is InChI=1S/C19H20N2O3/c1-19(9-7-13-5-3-4-6-15(13)12-19)21-17(22)14-8-10-20-16(11-14)18(23)24-2/h3-6,8,10-11H,7,9,12H2,1-2H3,(H,21,22)/t19-/m0/s1. The highest BCUT2D eigenvalue weighted by Crippen LogP contribution is 2.28. The van der Waals surface area contributed by atoms with E-state index < -0.39 is 5.97 Å². The van der Waals surface area contributed by atoms with E-state index >= 15 is 0 Å². The van der Waals surface area contributed by atoms with Crippen LogP contribution >= 0.6 is 0 Å². The summed E-state index contributed by atoms with van der Waals surface area (Å²) in [7, 11) is 1.29. The number of pyridine rings is 1. The number of fused-ring (bicyclic) bond motifs is 1. The third-order valence-electron chi connectivity index (χ3n) is 4.48. The van der Waals surface area contributed by atoms with Crippen LogP contribution in [-0.2, 0) is 17.6 Å². The molecule has 3 rings (SSSR count). The average Bonchev–Trinajstić information content (AvgIpc) is 2.60. The lowest BCUT2D eigenvalue weighted by Crippen LogP contribution is -2.49. The highest BCUT2D eigenvalue weighted by Gasteiger charge is 2.31. The van der Waals surface area contributed by atoms with E-state index in [0.29, 0.717) is 5.56 Å². The van der Waals surface area contributed by atoms with Crippen molar-refractivity contribution >= 4 is 11.9 Å². The Morgan fingerprint density at radius 3 is 2.71 bits per heavy atom. The highest BCUT2D eigenvalue weighted by molar-refractivity contribution is 5.97. The molecule has 1 amide bonds. The number of benzene rings is 1. The molecule has 5 nitrogen and oxygen atoms in total. The quantitative estimate of drug-likeness (QED) is 0.881. The zero-order valence-corrected chi connectivity index (χ0v) is 13.8. The molecule has 2 aromatic rings. The van der Waals surface area contributed by atoms with Crippen LogP contribution in [0.1, 0.15) is 45.3 Å². The van der Waals surface area contributed by atoms with E-state index in [4.69, 9.17) is 0 Å². The molecule has 1 aromatic carbocycles. The molecule has 0 saturated heterocycles. The number of carbonyl (C=O) groups excluding carboxylic acids is 2. The highest BCUT2D eigenvalue weighted by atomic mass is 16.5. The van der Waals surface area contributed by atoms with E-state index in [1.165, 1.54) is 30.5 Å². The number of nitrogens with one attached hydrogen (secondary N) is 1. The Morgan fingerprint density at radius 1 is 1.21 bits per heavy atom. The fraction of sp³-hybridized carbons (Fsp3) is 0.316. The molecule has 1 atom stereocenters. The number of aromatic nitrogens is 1. The zero-order chi connectivity index (χ0) is 17.2. The van der Waals surface area contributed by atoms with Crippen LogP contribution in [0.25, 0.3) is 0 Å². The topological polar surface area (TPSA) is 68.3 Å². The summed E-state index contributed by atoms with van der Waals surface area (Å²) >= 11 is 0. The van der Waals surface area contributed by atoms with E-state index in [-0.39, 0.29) is 17.1 Å². The summed E-state index contributed by atoms with van der Waals surface area (Å²) in [6.07, 6.45) is 4.06. The van der Waals surface area contributed by atoms with Crippen molar-refractivity contribution in [2.75, 3.05) is 7.11 Å². The summed E-state index contributed by atoms with van der Waals surface area (Å²) in [4.78, 5) is 28.1. The normalized spacial score (nSPS) is 19.2. The minimum absolute atomic E-state index is 0.129. The second-order valence-electron chi connectivity index (χ2n) is 6.38. The number of ether oxygens (including phenoxy) is 1. The molecule has 0 spiro atoms. The van der Waals surface area contributed by atoms with E-state index in [9.17, 15) is 9.59 Å². The summed E-state index contributed by atoms with van der Waals surface area (Å²) in [5.74, 6) is -0.758. The average molecular weight is 324 g/mol. The zero-order valence-electron chi connectivity index (χ0n) is 13.8. The largest absolute Gasteiger partial charge is 0.464 e. The van der Waals surface area contributed by atoms with Crippen molar-refractivity contribution < 1.29 is 14.3 Å². The molecular weight excluding hydrogens is 304 g/mol. The Bertz CT molecular complexity index is 788. The predicted molar refractivity (Wildman–Crippen MR) is 89.9 cm³/mol. The van der Waals surface area contributed by atoms with Gasteiger partial charge in [0, 0.05) is 17.3 Å². The van der Waals surface area contributed by atoms with Crippen molar-refractivity contribution in [1.82, 2.24) is 10.3 Å². The molecule has 0 radical (unpaired) electrons. The Balaban J connectivity index is 1.77. The molecule has 24 heavy (non-hydrogen) atoms. The molecule has 124 valence electrons. The van der Waals surface area contributed by atoms with E-state index in [2.05, 4.69) is 34.1 Å². The van der Waals surface area contributed by atoms with Crippen LogP contribution in [0.3, 0.4) is 0 Å². The van der Waals surface area contributed by atoms with E-state index in [1.807, 2.05) is 12.1 Å². The molecular formula is C19H20N2O3. The smallest absolute Gasteiger partial charge is 0.356 e. The van der Waals surface area contributed by atoms with Crippen LogP contribution < -0.4 is 5.32 Å². The third kappa shape index (κ3) is 3.30. The monoisotopic (exact) mass is 324 g/mol. The molecule has 0 aliphatic heterocycles. The molecule has 1 aliphatic carbocycles. The minimum Gasteiger partial charge on any atom is -0.464 e. The van der Waals surface area contributed by atoms with Gasteiger partial charge in [-0.15, -0.1) is 0 Å². The first-order valence-corrected chi connectivity index (χ1v) is 7.94. The molecule has 0 saturated carbocycles. The first-order chi connectivity index (χ1) is 11.5. The Labute approximate surface area is 141 Å². The van der Waals surface area contributed by atoms with Crippen molar-refractivity contribution in [2.45, 2.75) is 31.7 Å². The number of aryl methyl sites for hydroxylation is 1. The van der Waals surface area contributed by atoms with Gasteiger partial charge in [0.15, 0.2) is 0 Å². The second kappa shape index (κ2) is 6.43. The van der Waals surface area contributed by atoms with Gasteiger partial charge in [0.2, 0.25) is 0 Å². The molecule has 5 heteroatoms. The predicted octanol–water partition coefficient (Wildman–Crippen LogP) is 2.55. The SMILES string of the molecule is COC(=O)c1cc(C(=O)N[C@@]2(C)CCc3ccccc3C2)ccn1. The lowest BCUT2D eigenvalue weighted by atomic mass is 9.79. The number of esters is 1. The van der Waals surface area contributed by atoms with Gasteiger partial charge in [0.05, 0.1) is 7.11 Å². The van der Waals surface area contributed by atoms with Crippen LogP contribution in [0.2, 0.25) is 0 Å². The lowest BCUT2D eigenvalue weighted by Gasteiger charge is -2.36. The van der Waals surface area contributed by atoms with Gasteiger partial charge in [-0.25, -0.2) is 9.78 Å². The van der Waals surface area contributed by atoms with E-state index in [1.54, 1.807) is 6.07 Å². The van der Waals surface area contributed by atoms with Crippen LogP contribution in [0.5, 0.6) is 0 Å². The molecule has 1 N–H and O–H groups in total. The van der Waals surface area contributed by atoms with Crippen LogP contribution in [0.15, 0.2) is 42.6 Å². The number of hydrogen-bond acceptors (Lipinski definition) is 4. The number of hydrogen-bond donors (Lipinski definition) is 1. The first kappa shape index (κ1) is 16.2. The summed E-state index contributed by atoms with van der Waals surface area (Å²) in [6, 6.07) is 11.4. The molecule has 0 unspecified atom stereocenters. The maximum absolute atomic E-state index is 12.6. The Morgan fingerprint density at radius 2 is 1.96 bits per heavy atom. The Hall–Kier alpha value is -2.69. The number of carbonyl (C=O) groups is 2. The maximum Gasteiger partial charge on any atom is 0.356 e. The van der Waals surface area contributed by atoms with Gasteiger partial charge in [-0.1, -0.05) is 24.3 Å². The lowest BCUT2D eigenvalue weighted by molar-refractivity contribution is 0.0594.